The molecule has 1 heterocycles. The molecule has 0 aliphatic rings. The highest BCUT2D eigenvalue weighted by Crippen LogP contribution is 2.16. The van der Waals surface area contributed by atoms with Gasteiger partial charge in [-0.25, -0.2) is 4.68 Å². The summed E-state index contributed by atoms with van der Waals surface area (Å²) in [7, 11) is 0. The van der Waals surface area contributed by atoms with E-state index in [1.54, 1.807) is 0 Å². The molecule has 2 rings (SSSR count). The first-order valence-electron chi connectivity index (χ1n) is 4.95. The maximum absolute atomic E-state index is 9.24. The van der Waals surface area contributed by atoms with Crippen molar-refractivity contribution in [2.24, 2.45) is 0 Å². The predicted molar refractivity (Wildman–Crippen MR) is 59.0 cm³/mol. The van der Waals surface area contributed by atoms with Crippen molar-refractivity contribution in [2.75, 3.05) is 0 Å². The number of rotatable bonds is 2. The number of hydrogen-bond acceptors (Lipinski definition) is 2. The van der Waals surface area contributed by atoms with Crippen molar-refractivity contribution in [3.63, 3.8) is 0 Å². The molecule has 2 aromatic rings. The minimum atomic E-state index is 0.0362. The van der Waals surface area contributed by atoms with Crippen LogP contribution in [0, 0.1) is 13.8 Å². The van der Waals surface area contributed by atoms with E-state index in [0.717, 1.165) is 22.6 Å². The highest BCUT2D eigenvalue weighted by molar-refractivity contribution is 5.41. The molecule has 3 heteroatoms. The molecule has 0 amide bonds. The van der Waals surface area contributed by atoms with Gasteiger partial charge in [0.1, 0.15) is 0 Å². The van der Waals surface area contributed by atoms with E-state index in [-0.39, 0.29) is 6.61 Å². The number of hydrogen-bond donors (Lipinski definition) is 1. The van der Waals surface area contributed by atoms with Crippen LogP contribution in [0.2, 0.25) is 0 Å². The van der Waals surface area contributed by atoms with E-state index in [4.69, 9.17) is 0 Å². The van der Waals surface area contributed by atoms with Crippen molar-refractivity contribution >= 4 is 0 Å². The zero-order valence-corrected chi connectivity index (χ0v) is 8.94. The average Bonchev–Trinajstić information content (AvgIpc) is 2.57. The number of aromatic nitrogens is 2. The summed E-state index contributed by atoms with van der Waals surface area (Å²) in [5, 5.41) is 13.6. The Labute approximate surface area is 89.0 Å². The molecule has 1 aromatic carbocycles. The summed E-state index contributed by atoms with van der Waals surface area (Å²) >= 11 is 0. The normalized spacial score (nSPS) is 10.6. The summed E-state index contributed by atoms with van der Waals surface area (Å²) in [6, 6.07) is 9.76. The molecule has 0 unspecified atom stereocenters. The monoisotopic (exact) mass is 202 g/mol. The SMILES string of the molecule is Cc1cc(C)n(-c2ccccc2CO)n1. The van der Waals surface area contributed by atoms with Crippen LogP contribution < -0.4 is 0 Å². The van der Waals surface area contributed by atoms with Gasteiger partial charge in [-0.1, -0.05) is 18.2 Å². The molecular formula is C12H14N2O. The Morgan fingerprint density at radius 2 is 2.00 bits per heavy atom. The van der Waals surface area contributed by atoms with Gasteiger partial charge in [0.25, 0.3) is 0 Å². The summed E-state index contributed by atoms with van der Waals surface area (Å²) < 4.78 is 1.86. The van der Waals surface area contributed by atoms with Gasteiger partial charge in [-0.15, -0.1) is 0 Å². The number of aliphatic hydroxyl groups excluding tert-OH is 1. The van der Waals surface area contributed by atoms with Gasteiger partial charge in [-0.3, -0.25) is 0 Å². The zero-order chi connectivity index (χ0) is 10.8. The first-order valence-corrected chi connectivity index (χ1v) is 4.95. The minimum absolute atomic E-state index is 0.0362. The minimum Gasteiger partial charge on any atom is -0.392 e. The number of para-hydroxylation sites is 1. The summed E-state index contributed by atoms with van der Waals surface area (Å²) in [5.74, 6) is 0. The third kappa shape index (κ3) is 1.78. The van der Waals surface area contributed by atoms with Crippen molar-refractivity contribution in [3.8, 4) is 5.69 Å². The van der Waals surface area contributed by atoms with Crippen LogP contribution >= 0.6 is 0 Å². The zero-order valence-electron chi connectivity index (χ0n) is 8.94. The summed E-state index contributed by atoms with van der Waals surface area (Å²) in [4.78, 5) is 0. The first kappa shape index (κ1) is 9.93. The maximum Gasteiger partial charge on any atom is 0.0703 e. The third-order valence-corrected chi connectivity index (χ3v) is 2.40. The quantitative estimate of drug-likeness (QED) is 0.808. The van der Waals surface area contributed by atoms with Gasteiger partial charge in [0, 0.05) is 11.3 Å². The summed E-state index contributed by atoms with van der Waals surface area (Å²) in [6.45, 7) is 4.01. The predicted octanol–water partition coefficient (Wildman–Crippen LogP) is 1.98. The van der Waals surface area contributed by atoms with Crippen LogP contribution in [-0.2, 0) is 6.61 Å². The van der Waals surface area contributed by atoms with Gasteiger partial charge in [0.2, 0.25) is 0 Å². The highest BCUT2D eigenvalue weighted by atomic mass is 16.3. The Kier molecular flexibility index (Phi) is 2.56. The van der Waals surface area contributed by atoms with Gasteiger partial charge in [0.15, 0.2) is 0 Å². The lowest BCUT2D eigenvalue weighted by Gasteiger charge is -2.08. The second kappa shape index (κ2) is 3.87. The van der Waals surface area contributed by atoms with Crippen molar-refractivity contribution in [1.82, 2.24) is 9.78 Å². The maximum atomic E-state index is 9.24. The molecule has 0 spiro atoms. The van der Waals surface area contributed by atoms with Crippen LogP contribution in [0.5, 0.6) is 0 Å². The molecule has 1 N–H and O–H groups in total. The Morgan fingerprint density at radius 3 is 2.60 bits per heavy atom. The van der Waals surface area contributed by atoms with Crippen LogP contribution in [-0.4, -0.2) is 14.9 Å². The van der Waals surface area contributed by atoms with Crippen molar-refractivity contribution in [2.45, 2.75) is 20.5 Å². The lowest BCUT2D eigenvalue weighted by Crippen LogP contribution is -2.03. The molecule has 0 radical (unpaired) electrons. The molecule has 0 saturated heterocycles. The van der Waals surface area contributed by atoms with Gasteiger partial charge in [0.05, 0.1) is 18.0 Å². The molecule has 0 bridgehead atoms. The molecule has 1 aromatic heterocycles. The molecule has 0 saturated carbocycles. The van der Waals surface area contributed by atoms with Crippen molar-refractivity contribution in [3.05, 3.63) is 47.3 Å². The van der Waals surface area contributed by atoms with Gasteiger partial charge in [-0.2, -0.15) is 5.10 Å². The largest absolute Gasteiger partial charge is 0.392 e. The fourth-order valence-electron chi connectivity index (χ4n) is 1.72. The van der Waals surface area contributed by atoms with Crippen LogP contribution in [0.3, 0.4) is 0 Å². The molecule has 15 heavy (non-hydrogen) atoms. The first-order chi connectivity index (χ1) is 7.22. The lowest BCUT2D eigenvalue weighted by atomic mass is 10.2. The van der Waals surface area contributed by atoms with E-state index in [0.29, 0.717) is 0 Å². The average molecular weight is 202 g/mol. The lowest BCUT2D eigenvalue weighted by molar-refractivity contribution is 0.281. The molecular weight excluding hydrogens is 188 g/mol. The highest BCUT2D eigenvalue weighted by Gasteiger charge is 2.06. The van der Waals surface area contributed by atoms with E-state index in [1.807, 2.05) is 48.9 Å². The summed E-state index contributed by atoms with van der Waals surface area (Å²) in [5.41, 5.74) is 3.91. The fourth-order valence-corrected chi connectivity index (χ4v) is 1.72. The number of aryl methyl sites for hydroxylation is 2. The Balaban J connectivity index is 2.58. The van der Waals surface area contributed by atoms with E-state index >= 15 is 0 Å². The number of benzene rings is 1. The van der Waals surface area contributed by atoms with Gasteiger partial charge < -0.3 is 5.11 Å². The topological polar surface area (TPSA) is 38.0 Å². The molecule has 78 valence electrons. The Morgan fingerprint density at radius 1 is 1.27 bits per heavy atom. The van der Waals surface area contributed by atoms with E-state index in [1.165, 1.54) is 0 Å². The van der Waals surface area contributed by atoms with Crippen LogP contribution in [0.1, 0.15) is 17.0 Å². The third-order valence-electron chi connectivity index (χ3n) is 2.40. The number of aliphatic hydroxyl groups is 1. The smallest absolute Gasteiger partial charge is 0.0703 e. The molecule has 0 fully saturated rings. The Hall–Kier alpha value is -1.61. The molecule has 0 aliphatic heterocycles. The second-order valence-corrected chi connectivity index (χ2v) is 3.63. The molecule has 3 nitrogen and oxygen atoms in total. The second-order valence-electron chi connectivity index (χ2n) is 3.63. The van der Waals surface area contributed by atoms with Crippen molar-refractivity contribution in [1.29, 1.82) is 0 Å². The Bertz CT molecular complexity index is 474. The number of nitrogens with zero attached hydrogens (tertiary/aromatic N) is 2. The van der Waals surface area contributed by atoms with Crippen LogP contribution in [0.25, 0.3) is 5.69 Å². The van der Waals surface area contributed by atoms with Gasteiger partial charge >= 0.3 is 0 Å². The van der Waals surface area contributed by atoms with Gasteiger partial charge in [-0.05, 0) is 26.0 Å². The molecule has 0 atom stereocenters. The summed E-state index contributed by atoms with van der Waals surface area (Å²) in [6.07, 6.45) is 0. The fraction of sp³-hybridized carbons (Fsp3) is 0.250. The van der Waals surface area contributed by atoms with Crippen molar-refractivity contribution < 1.29 is 5.11 Å². The van der Waals surface area contributed by atoms with E-state index in [2.05, 4.69) is 5.10 Å². The van der Waals surface area contributed by atoms with E-state index in [9.17, 15) is 5.11 Å². The van der Waals surface area contributed by atoms with Crippen LogP contribution in [0.4, 0.5) is 0 Å². The van der Waals surface area contributed by atoms with Crippen LogP contribution in [0.15, 0.2) is 30.3 Å². The van der Waals surface area contributed by atoms with E-state index < -0.39 is 0 Å². The standard InChI is InChI=1S/C12H14N2O/c1-9-7-10(2)14(13-9)12-6-4-3-5-11(12)8-15/h3-7,15H,8H2,1-2H3. The molecule has 0 aliphatic carbocycles.